The molecule has 0 fully saturated rings. The number of hydrogen-bond donors (Lipinski definition) is 0. The average Bonchev–Trinajstić information content (AvgIpc) is 3.23. The molecule has 0 saturated heterocycles. The van der Waals surface area contributed by atoms with Crippen molar-refractivity contribution in [2.45, 2.75) is 39.2 Å². The molecular weight excluding hydrogens is 420 g/mol. The minimum absolute atomic E-state index is 0.00696. The van der Waals surface area contributed by atoms with Gasteiger partial charge >= 0.3 is 5.97 Å². The summed E-state index contributed by atoms with van der Waals surface area (Å²) in [5.41, 5.74) is 0.251. The maximum Gasteiger partial charge on any atom is 0.339 e. The lowest BCUT2D eigenvalue weighted by Gasteiger charge is -2.19. The third kappa shape index (κ3) is 4.77. The molecule has 0 saturated carbocycles. The molecule has 0 N–H and O–H groups in total. The van der Waals surface area contributed by atoms with E-state index in [2.05, 4.69) is 10.2 Å². The molecule has 2 aromatic carbocycles. The predicted octanol–water partition coefficient (Wildman–Crippen LogP) is 4.77. The zero-order chi connectivity index (χ0) is 23.6. The number of ether oxygens (including phenoxy) is 1. The minimum atomic E-state index is -0.928. The largest absolute Gasteiger partial charge is 0.449 e. The SMILES string of the molecule is CC(OC(=O)c1ccc(C(C)(C)C)c([N+](=O)[O-])c1)c1nnc(-c2ccc([N+](=O)[O-])cc2)o1. The summed E-state index contributed by atoms with van der Waals surface area (Å²) in [7, 11) is 0. The fraction of sp³-hybridized carbons (Fsp3) is 0.286. The van der Waals surface area contributed by atoms with Crippen LogP contribution in [0.15, 0.2) is 46.9 Å². The van der Waals surface area contributed by atoms with Gasteiger partial charge in [0.15, 0.2) is 6.10 Å². The van der Waals surface area contributed by atoms with E-state index < -0.39 is 27.3 Å². The molecule has 0 spiro atoms. The van der Waals surface area contributed by atoms with Crippen molar-refractivity contribution in [2.75, 3.05) is 0 Å². The molecule has 0 aliphatic heterocycles. The molecule has 1 heterocycles. The van der Waals surface area contributed by atoms with E-state index in [0.29, 0.717) is 11.1 Å². The van der Waals surface area contributed by atoms with Crippen molar-refractivity contribution < 1.29 is 23.8 Å². The summed E-state index contributed by atoms with van der Waals surface area (Å²) >= 11 is 0. The fourth-order valence-electron chi connectivity index (χ4n) is 2.96. The highest BCUT2D eigenvalue weighted by atomic mass is 16.6. The van der Waals surface area contributed by atoms with Gasteiger partial charge in [-0.3, -0.25) is 20.2 Å². The molecule has 0 aliphatic rings. The summed E-state index contributed by atoms with van der Waals surface area (Å²) in [4.78, 5) is 33.7. The molecule has 0 amide bonds. The Morgan fingerprint density at radius 3 is 2.25 bits per heavy atom. The van der Waals surface area contributed by atoms with Gasteiger partial charge in [0.05, 0.1) is 15.4 Å². The predicted molar refractivity (Wildman–Crippen MR) is 112 cm³/mol. The highest BCUT2D eigenvalue weighted by Gasteiger charge is 2.27. The Morgan fingerprint density at radius 2 is 1.69 bits per heavy atom. The van der Waals surface area contributed by atoms with Gasteiger partial charge < -0.3 is 9.15 Å². The van der Waals surface area contributed by atoms with E-state index in [1.54, 1.807) is 6.07 Å². The van der Waals surface area contributed by atoms with Crippen LogP contribution in [0.1, 0.15) is 55.6 Å². The standard InChI is InChI=1S/C21H20N4O7/c1-12(18-22-23-19(32-18)13-5-8-15(9-6-13)24(27)28)31-20(26)14-7-10-16(21(2,3)4)17(11-14)25(29)30/h5-12H,1-4H3. The van der Waals surface area contributed by atoms with E-state index in [9.17, 15) is 25.0 Å². The first-order valence-electron chi connectivity index (χ1n) is 9.55. The van der Waals surface area contributed by atoms with Crippen LogP contribution in [-0.4, -0.2) is 26.0 Å². The van der Waals surface area contributed by atoms with Gasteiger partial charge in [-0.25, -0.2) is 4.79 Å². The first-order chi connectivity index (χ1) is 15.0. The topological polar surface area (TPSA) is 152 Å². The quantitative estimate of drug-likeness (QED) is 0.300. The van der Waals surface area contributed by atoms with Crippen LogP contribution in [-0.2, 0) is 10.2 Å². The Hall–Kier alpha value is -4.15. The number of esters is 1. The number of non-ortho nitro benzene ring substituents is 1. The number of carbonyl (C=O) groups is 1. The smallest absolute Gasteiger partial charge is 0.339 e. The van der Waals surface area contributed by atoms with Crippen molar-refractivity contribution >= 4 is 17.3 Å². The zero-order valence-corrected chi connectivity index (χ0v) is 17.8. The molecule has 0 radical (unpaired) electrons. The molecule has 3 aromatic rings. The molecule has 1 atom stereocenters. The number of benzene rings is 2. The summed E-state index contributed by atoms with van der Waals surface area (Å²) < 4.78 is 10.9. The number of nitrogens with zero attached hydrogens (tertiary/aromatic N) is 4. The van der Waals surface area contributed by atoms with E-state index in [0.717, 1.165) is 0 Å². The second kappa shape index (κ2) is 8.53. The molecular formula is C21H20N4O7. The lowest BCUT2D eigenvalue weighted by atomic mass is 9.85. The third-order valence-corrected chi connectivity index (χ3v) is 4.64. The normalized spacial score (nSPS) is 12.2. The van der Waals surface area contributed by atoms with Crippen molar-refractivity contribution in [1.29, 1.82) is 0 Å². The first-order valence-corrected chi connectivity index (χ1v) is 9.55. The molecule has 1 unspecified atom stereocenters. The van der Waals surface area contributed by atoms with Crippen LogP contribution < -0.4 is 0 Å². The Labute approximate surface area is 182 Å². The fourth-order valence-corrected chi connectivity index (χ4v) is 2.96. The number of nitro benzene ring substituents is 2. The zero-order valence-electron chi connectivity index (χ0n) is 17.8. The minimum Gasteiger partial charge on any atom is -0.449 e. The van der Waals surface area contributed by atoms with Gasteiger partial charge in [-0.05, 0) is 30.5 Å². The van der Waals surface area contributed by atoms with Crippen LogP contribution in [0, 0.1) is 20.2 Å². The van der Waals surface area contributed by atoms with Crippen LogP contribution in [0.5, 0.6) is 0 Å². The van der Waals surface area contributed by atoms with E-state index in [-0.39, 0.29) is 28.7 Å². The van der Waals surface area contributed by atoms with Gasteiger partial charge in [0.1, 0.15) is 0 Å². The second-order valence-corrected chi connectivity index (χ2v) is 8.04. The second-order valence-electron chi connectivity index (χ2n) is 8.04. The summed E-state index contributed by atoms with van der Waals surface area (Å²) in [6.07, 6.45) is -0.928. The molecule has 0 bridgehead atoms. The van der Waals surface area contributed by atoms with E-state index in [1.165, 1.54) is 43.3 Å². The Bertz CT molecular complexity index is 1180. The summed E-state index contributed by atoms with van der Waals surface area (Å²) in [5, 5.41) is 29.9. The van der Waals surface area contributed by atoms with Crippen LogP contribution in [0.25, 0.3) is 11.5 Å². The summed E-state index contributed by atoms with van der Waals surface area (Å²) in [6.45, 7) is 7.04. The molecule has 32 heavy (non-hydrogen) atoms. The highest BCUT2D eigenvalue weighted by molar-refractivity contribution is 5.90. The van der Waals surface area contributed by atoms with Gasteiger partial charge in [-0.1, -0.05) is 26.8 Å². The molecule has 1 aromatic heterocycles. The summed E-state index contributed by atoms with van der Waals surface area (Å²) in [6, 6.07) is 9.72. The number of carbonyl (C=O) groups excluding carboxylic acids is 1. The Kier molecular flexibility index (Phi) is 6.01. The Morgan fingerprint density at radius 1 is 1.03 bits per heavy atom. The lowest BCUT2D eigenvalue weighted by Crippen LogP contribution is -2.15. The molecule has 11 nitrogen and oxygen atoms in total. The summed E-state index contributed by atoms with van der Waals surface area (Å²) in [5.74, 6) is -0.674. The van der Waals surface area contributed by atoms with Gasteiger partial charge in [0, 0.05) is 29.3 Å². The van der Waals surface area contributed by atoms with Crippen molar-refractivity contribution in [3.8, 4) is 11.5 Å². The molecule has 3 rings (SSSR count). The van der Waals surface area contributed by atoms with E-state index >= 15 is 0 Å². The molecule has 11 heteroatoms. The monoisotopic (exact) mass is 440 g/mol. The average molecular weight is 440 g/mol. The van der Waals surface area contributed by atoms with Crippen molar-refractivity contribution in [3.63, 3.8) is 0 Å². The van der Waals surface area contributed by atoms with Crippen LogP contribution in [0.2, 0.25) is 0 Å². The van der Waals surface area contributed by atoms with Crippen molar-refractivity contribution in [2.24, 2.45) is 0 Å². The number of hydrogen-bond acceptors (Lipinski definition) is 9. The van der Waals surface area contributed by atoms with E-state index in [1.807, 2.05) is 20.8 Å². The first kappa shape index (κ1) is 22.5. The maximum atomic E-state index is 12.5. The van der Waals surface area contributed by atoms with Gasteiger partial charge in [0.25, 0.3) is 17.3 Å². The van der Waals surface area contributed by atoms with Crippen LogP contribution in [0.3, 0.4) is 0 Å². The van der Waals surface area contributed by atoms with Gasteiger partial charge in [-0.15, -0.1) is 10.2 Å². The maximum absolute atomic E-state index is 12.5. The lowest BCUT2D eigenvalue weighted by molar-refractivity contribution is -0.386. The number of nitro groups is 2. The van der Waals surface area contributed by atoms with Crippen LogP contribution >= 0.6 is 0 Å². The molecule has 0 aliphatic carbocycles. The number of aromatic nitrogens is 2. The van der Waals surface area contributed by atoms with Gasteiger partial charge in [0.2, 0.25) is 5.89 Å². The van der Waals surface area contributed by atoms with E-state index in [4.69, 9.17) is 9.15 Å². The van der Waals surface area contributed by atoms with Gasteiger partial charge in [-0.2, -0.15) is 0 Å². The number of rotatable bonds is 6. The Balaban J connectivity index is 1.77. The van der Waals surface area contributed by atoms with Crippen molar-refractivity contribution in [3.05, 3.63) is 79.7 Å². The van der Waals surface area contributed by atoms with Crippen molar-refractivity contribution in [1.82, 2.24) is 10.2 Å². The third-order valence-electron chi connectivity index (χ3n) is 4.64. The van der Waals surface area contributed by atoms with Crippen LogP contribution in [0.4, 0.5) is 11.4 Å². The molecule has 166 valence electrons. The highest BCUT2D eigenvalue weighted by Crippen LogP contribution is 2.32.